The van der Waals surface area contributed by atoms with Gasteiger partial charge in [-0.3, -0.25) is 9.59 Å². The van der Waals surface area contributed by atoms with Crippen molar-refractivity contribution >= 4 is 39.3 Å². The summed E-state index contributed by atoms with van der Waals surface area (Å²) in [7, 11) is 0. The number of benzene rings is 2. The minimum absolute atomic E-state index is 0.0431. The molecule has 2 rings (SSSR count). The molecule has 0 saturated carbocycles. The normalized spacial score (nSPS) is 12.7. The molecule has 0 aliphatic heterocycles. The van der Waals surface area contributed by atoms with Gasteiger partial charge in [-0.15, -0.1) is 0 Å². The van der Waals surface area contributed by atoms with E-state index in [0.29, 0.717) is 28.2 Å². The SMILES string of the molecule is CC[C@H](C(=O)N[C@@H](C)CC)N(Cc1ccccc1)C(=O)COc1ccc(Cl)cc1Br. The van der Waals surface area contributed by atoms with Crippen LogP contribution in [0, 0.1) is 0 Å². The summed E-state index contributed by atoms with van der Waals surface area (Å²) in [5, 5.41) is 3.56. The van der Waals surface area contributed by atoms with Crippen LogP contribution in [0.3, 0.4) is 0 Å². The summed E-state index contributed by atoms with van der Waals surface area (Å²) in [6.45, 7) is 6.02. The number of carbonyl (C=O) groups excluding carboxylic acids is 2. The van der Waals surface area contributed by atoms with Gasteiger partial charge in [0.25, 0.3) is 5.91 Å². The van der Waals surface area contributed by atoms with E-state index in [0.717, 1.165) is 12.0 Å². The van der Waals surface area contributed by atoms with Crippen molar-refractivity contribution in [2.45, 2.75) is 52.2 Å². The average Bonchev–Trinajstić information content (AvgIpc) is 2.73. The lowest BCUT2D eigenvalue weighted by molar-refractivity contribution is -0.143. The smallest absolute Gasteiger partial charge is 0.261 e. The summed E-state index contributed by atoms with van der Waals surface area (Å²) in [4.78, 5) is 27.6. The molecule has 2 aromatic carbocycles. The number of hydrogen-bond acceptors (Lipinski definition) is 3. The van der Waals surface area contributed by atoms with Crippen LogP contribution in [0.25, 0.3) is 0 Å². The van der Waals surface area contributed by atoms with Gasteiger partial charge in [0.1, 0.15) is 11.8 Å². The summed E-state index contributed by atoms with van der Waals surface area (Å²) in [6.07, 6.45) is 1.33. The van der Waals surface area contributed by atoms with Crippen LogP contribution in [-0.4, -0.2) is 35.4 Å². The van der Waals surface area contributed by atoms with Gasteiger partial charge < -0.3 is 15.0 Å². The van der Waals surface area contributed by atoms with Crippen LogP contribution in [-0.2, 0) is 16.1 Å². The maximum atomic E-state index is 13.1. The predicted molar refractivity (Wildman–Crippen MR) is 124 cm³/mol. The van der Waals surface area contributed by atoms with E-state index in [2.05, 4.69) is 21.2 Å². The molecule has 0 unspecified atom stereocenters. The topological polar surface area (TPSA) is 58.6 Å². The molecule has 2 atom stereocenters. The molecule has 0 radical (unpaired) electrons. The van der Waals surface area contributed by atoms with E-state index < -0.39 is 6.04 Å². The fourth-order valence-electron chi connectivity index (χ4n) is 2.96. The number of hydrogen-bond donors (Lipinski definition) is 1. The maximum absolute atomic E-state index is 13.1. The van der Waals surface area contributed by atoms with Crippen molar-refractivity contribution in [2.75, 3.05) is 6.61 Å². The number of amides is 2. The first-order valence-electron chi connectivity index (χ1n) is 10.1. The fourth-order valence-corrected chi connectivity index (χ4v) is 3.75. The molecule has 5 nitrogen and oxygen atoms in total. The van der Waals surface area contributed by atoms with Crippen LogP contribution >= 0.6 is 27.5 Å². The standard InChI is InChI=1S/C23H28BrClN2O3/c1-4-16(3)26-23(29)20(5-2)27(14-17-9-7-6-8-10-17)22(28)15-30-21-12-11-18(25)13-19(21)24/h6-13,16,20H,4-5,14-15H2,1-3H3,(H,26,29)/t16-,20+/m0/s1. The van der Waals surface area contributed by atoms with Crippen molar-refractivity contribution in [3.8, 4) is 5.75 Å². The lowest BCUT2D eigenvalue weighted by Gasteiger charge is -2.31. The van der Waals surface area contributed by atoms with E-state index in [-0.39, 0.29) is 24.5 Å². The van der Waals surface area contributed by atoms with Gasteiger partial charge in [-0.05, 0) is 59.5 Å². The molecule has 0 fully saturated rings. The zero-order valence-corrected chi connectivity index (χ0v) is 19.9. The van der Waals surface area contributed by atoms with E-state index in [1.165, 1.54) is 0 Å². The van der Waals surface area contributed by atoms with Crippen LogP contribution in [0.15, 0.2) is 53.0 Å². The Morgan fingerprint density at radius 2 is 1.83 bits per heavy atom. The molecule has 162 valence electrons. The molecule has 7 heteroatoms. The molecule has 2 amide bonds. The third-order valence-corrected chi connectivity index (χ3v) is 5.68. The van der Waals surface area contributed by atoms with Crippen molar-refractivity contribution in [3.05, 3.63) is 63.6 Å². The number of nitrogens with one attached hydrogen (secondary N) is 1. The van der Waals surface area contributed by atoms with Crippen molar-refractivity contribution < 1.29 is 14.3 Å². The average molecular weight is 496 g/mol. The molecule has 1 N–H and O–H groups in total. The highest BCUT2D eigenvalue weighted by molar-refractivity contribution is 9.10. The molecule has 2 aromatic rings. The van der Waals surface area contributed by atoms with Gasteiger partial charge in [-0.25, -0.2) is 0 Å². The lowest BCUT2D eigenvalue weighted by Crippen LogP contribution is -2.51. The van der Waals surface area contributed by atoms with Gasteiger partial charge in [0.15, 0.2) is 6.61 Å². The first-order valence-corrected chi connectivity index (χ1v) is 11.2. The Balaban J connectivity index is 2.20. The quantitative estimate of drug-likeness (QED) is 0.493. The minimum Gasteiger partial charge on any atom is -0.483 e. The van der Waals surface area contributed by atoms with E-state index in [1.54, 1.807) is 23.1 Å². The molecule has 0 aliphatic carbocycles. The molecule has 0 heterocycles. The van der Waals surface area contributed by atoms with Gasteiger partial charge in [0, 0.05) is 17.6 Å². The first kappa shape index (κ1) is 24.2. The highest BCUT2D eigenvalue weighted by atomic mass is 79.9. The van der Waals surface area contributed by atoms with Crippen LogP contribution in [0.5, 0.6) is 5.75 Å². The Hall–Kier alpha value is -2.05. The molecule has 0 aromatic heterocycles. The van der Waals surface area contributed by atoms with E-state index in [4.69, 9.17) is 16.3 Å². The number of rotatable bonds is 10. The molecule has 0 aliphatic rings. The Morgan fingerprint density at radius 3 is 2.43 bits per heavy atom. The molecular weight excluding hydrogens is 468 g/mol. The largest absolute Gasteiger partial charge is 0.483 e. The van der Waals surface area contributed by atoms with Crippen molar-refractivity contribution in [1.29, 1.82) is 0 Å². The first-order chi connectivity index (χ1) is 14.3. The Bertz CT molecular complexity index is 848. The molecule has 0 spiro atoms. The Kier molecular flexibility index (Phi) is 9.66. The van der Waals surface area contributed by atoms with Crippen molar-refractivity contribution in [1.82, 2.24) is 10.2 Å². The molecule has 0 bridgehead atoms. The summed E-state index contributed by atoms with van der Waals surface area (Å²) in [5.74, 6) is 0.111. The Labute approximate surface area is 191 Å². The second-order valence-corrected chi connectivity index (χ2v) is 8.40. The van der Waals surface area contributed by atoms with Gasteiger partial charge in [0.05, 0.1) is 4.47 Å². The molecule has 30 heavy (non-hydrogen) atoms. The fraction of sp³-hybridized carbons (Fsp3) is 0.391. The number of nitrogens with zero attached hydrogens (tertiary/aromatic N) is 1. The highest BCUT2D eigenvalue weighted by Crippen LogP contribution is 2.28. The second kappa shape index (κ2) is 12.0. The number of carbonyl (C=O) groups is 2. The zero-order chi connectivity index (χ0) is 22.1. The van der Waals surface area contributed by atoms with Gasteiger partial charge in [-0.2, -0.15) is 0 Å². The minimum atomic E-state index is -0.580. The third-order valence-electron chi connectivity index (χ3n) is 4.83. The maximum Gasteiger partial charge on any atom is 0.261 e. The van der Waals surface area contributed by atoms with Gasteiger partial charge in [-0.1, -0.05) is 55.8 Å². The summed E-state index contributed by atoms with van der Waals surface area (Å²) >= 11 is 9.35. The number of ether oxygens (including phenoxy) is 1. The summed E-state index contributed by atoms with van der Waals surface area (Å²) in [5.41, 5.74) is 0.952. The van der Waals surface area contributed by atoms with Crippen LogP contribution in [0.1, 0.15) is 39.2 Å². The summed E-state index contributed by atoms with van der Waals surface area (Å²) < 4.78 is 6.39. The van der Waals surface area contributed by atoms with E-state index >= 15 is 0 Å². The Morgan fingerprint density at radius 1 is 1.13 bits per heavy atom. The second-order valence-electron chi connectivity index (χ2n) is 7.11. The predicted octanol–water partition coefficient (Wildman–Crippen LogP) is 5.20. The molecule has 0 saturated heterocycles. The van der Waals surface area contributed by atoms with Crippen molar-refractivity contribution in [2.24, 2.45) is 0 Å². The van der Waals surface area contributed by atoms with E-state index in [9.17, 15) is 9.59 Å². The van der Waals surface area contributed by atoms with Gasteiger partial charge in [0.2, 0.25) is 5.91 Å². The summed E-state index contributed by atoms with van der Waals surface area (Å²) in [6, 6.07) is 14.2. The monoisotopic (exact) mass is 494 g/mol. The van der Waals surface area contributed by atoms with Crippen LogP contribution < -0.4 is 10.1 Å². The van der Waals surface area contributed by atoms with Crippen LogP contribution in [0.2, 0.25) is 5.02 Å². The van der Waals surface area contributed by atoms with Gasteiger partial charge >= 0.3 is 0 Å². The third kappa shape index (κ3) is 7.03. The number of halogens is 2. The van der Waals surface area contributed by atoms with Crippen LogP contribution in [0.4, 0.5) is 0 Å². The zero-order valence-electron chi connectivity index (χ0n) is 17.5. The highest BCUT2D eigenvalue weighted by Gasteiger charge is 2.29. The van der Waals surface area contributed by atoms with E-state index in [1.807, 2.05) is 51.1 Å². The molecular formula is C23H28BrClN2O3. The lowest BCUT2D eigenvalue weighted by atomic mass is 10.1. The van der Waals surface area contributed by atoms with Crippen molar-refractivity contribution in [3.63, 3.8) is 0 Å².